The SMILES string of the molecule is COc1ccc(OC)c([C@@H](C)NC(=O)Cc2ccc3ccccc3c2)c1. The summed E-state index contributed by atoms with van der Waals surface area (Å²) in [6, 6.07) is 19.6. The van der Waals surface area contributed by atoms with Crippen molar-refractivity contribution in [1.29, 1.82) is 0 Å². The van der Waals surface area contributed by atoms with Crippen LogP contribution in [0.5, 0.6) is 11.5 Å². The van der Waals surface area contributed by atoms with Gasteiger partial charge in [-0.1, -0.05) is 42.5 Å². The monoisotopic (exact) mass is 349 g/mol. The summed E-state index contributed by atoms with van der Waals surface area (Å²) in [5.74, 6) is 1.43. The van der Waals surface area contributed by atoms with E-state index in [-0.39, 0.29) is 11.9 Å². The molecule has 0 aliphatic carbocycles. The van der Waals surface area contributed by atoms with E-state index in [2.05, 4.69) is 23.5 Å². The zero-order valence-electron chi connectivity index (χ0n) is 15.3. The molecule has 1 N–H and O–H groups in total. The Labute approximate surface area is 153 Å². The van der Waals surface area contributed by atoms with Crippen LogP contribution in [0.25, 0.3) is 10.8 Å². The third kappa shape index (κ3) is 3.97. The molecular formula is C22H23NO3. The van der Waals surface area contributed by atoms with Crippen molar-refractivity contribution in [2.45, 2.75) is 19.4 Å². The Morgan fingerprint density at radius 3 is 2.46 bits per heavy atom. The average molecular weight is 349 g/mol. The summed E-state index contributed by atoms with van der Waals surface area (Å²) >= 11 is 0. The first-order valence-electron chi connectivity index (χ1n) is 8.59. The molecule has 26 heavy (non-hydrogen) atoms. The van der Waals surface area contributed by atoms with E-state index in [0.29, 0.717) is 6.42 Å². The van der Waals surface area contributed by atoms with Gasteiger partial charge in [-0.05, 0) is 41.5 Å². The van der Waals surface area contributed by atoms with Crippen LogP contribution in [0.15, 0.2) is 60.7 Å². The lowest BCUT2D eigenvalue weighted by atomic mass is 10.0. The van der Waals surface area contributed by atoms with Crippen LogP contribution < -0.4 is 14.8 Å². The van der Waals surface area contributed by atoms with Crippen molar-refractivity contribution >= 4 is 16.7 Å². The van der Waals surface area contributed by atoms with Crippen molar-refractivity contribution in [3.63, 3.8) is 0 Å². The van der Waals surface area contributed by atoms with Gasteiger partial charge in [0.05, 0.1) is 26.7 Å². The molecule has 0 spiro atoms. The minimum atomic E-state index is -0.187. The van der Waals surface area contributed by atoms with Crippen LogP contribution in [-0.2, 0) is 11.2 Å². The van der Waals surface area contributed by atoms with Crippen LogP contribution in [-0.4, -0.2) is 20.1 Å². The predicted octanol–water partition coefficient (Wildman–Crippen LogP) is 4.28. The van der Waals surface area contributed by atoms with Gasteiger partial charge in [-0.15, -0.1) is 0 Å². The van der Waals surface area contributed by atoms with E-state index in [9.17, 15) is 4.79 Å². The first-order valence-corrected chi connectivity index (χ1v) is 8.59. The van der Waals surface area contributed by atoms with Gasteiger partial charge in [0.2, 0.25) is 5.91 Å². The lowest BCUT2D eigenvalue weighted by molar-refractivity contribution is -0.121. The Morgan fingerprint density at radius 2 is 1.73 bits per heavy atom. The molecule has 0 radical (unpaired) electrons. The van der Waals surface area contributed by atoms with Crippen molar-refractivity contribution < 1.29 is 14.3 Å². The second-order valence-corrected chi connectivity index (χ2v) is 6.26. The van der Waals surface area contributed by atoms with Crippen LogP contribution in [0.2, 0.25) is 0 Å². The molecule has 3 aromatic carbocycles. The van der Waals surface area contributed by atoms with Crippen molar-refractivity contribution in [1.82, 2.24) is 5.32 Å². The number of hydrogen-bond acceptors (Lipinski definition) is 3. The number of nitrogens with one attached hydrogen (secondary N) is 1. The molecule has 0 aliphatic heterocycles. The lowest BCUT2D eigenvalue weighted by Gasteiger charge is -2.18. The van der Waals surface area contributed by atoms with Gasteiger partial charge in [-0.3, -0.25) is 4.79 Å². The maximum absolute atomic E-state index is 12.5. The van der Waals surface area contributed by atoms with Crippen molar-refractivity contribution in [3.8, 4) is 11.5 Å². The van der Waals surface area contributed by atoms with Gasteiger partial charge in [0.25, 0.3) is 0 Å². The highest BCUT2D eigenvalue weighted by Crippen LogP contribution is 2.29. The van der Waals surface area contributed by atoms with Gasteiger partial charge in [0.15, 0.2) is 0 Å². The molecule has 0 aromatic heterocycles. The average Bonchev–Trinajstić information content (AvgIpc) is 2.67. The van der Waals surface area contributed by atoms with Crippen molar-refractivity contribution in [3.05, 3.63) is 71.8 Å². The third-order valence-electron chi connectivity index (χ3n) is 4.46. The number of carbonyl (C=O) groups is 1. The standard InChI is InChI=1S/C22H23NO3/c1-15(20-14-19(25-2)10-11-21(20)26-3)23-22(24)13-16-8-9-17-6-4-5-7-18(17)12-16/h4-12,14-15H,13H2,1-3H3,(H,23,24)/t15-/m1/s1. The van der Waals surface area contributed by atoms with E-state index in [0.717, 1.165) is 28.0 Å². The molecular weight excluding hydrogens is 326 g/mol. The minimum Gasteiger partial charge on any atom is -0.497 e. The van der Waals surface area contributed by atoms with Gasteiger partial charge in [-0.25, -0.2) is 0 Å². The molecule has 0 heterocycles. The Balaban J connectivity index is 1.72. The quantitative estimate of drug-likeness (QED) is 0.723. The number of methoxy groups -OCH3 is 2. The molecule has 1 atom stereocenters. The van der Waals surface area contributed by atoms with Gasteiger partial charge >= 0.3 is 0 Å². The summed E-state index contributed by atoms with van der Waals surface area (Å²) in [7, 11) is 3.24. The molecule has 0 fully saturated rings. The molecule has 3 rings (SSSR count). The van der Waals surface area contributed by atoms with E-state index in [4.69, 9.17) is 9.47 Å². The highest BCUT2D eigenvalue weighted by atomic mass is 16.5. The summed E-state index contributed by atoms with van der Waals surface area (Å²) in [6.45, 7) is 1.94. The topological polar surface area (TPSA) is 47.6 Å². The van der Waals surface area contributed by atoms with Gasteiger partial charge in [-0.2, -0.15) is 0 Å². The molecule has 0 aliphatic rings. The smallest absolute Gasteiger partial charge is 0.224 e. The maximum Gasteiger partial charge on any atom is 0.224 e. The molecule has 4 heteroatoms. The minimum absolute atomic E-state index is 0.0299. The van der Waals surface area contributed by atoms with Gasteiger partial charge in [0.1, 0.15) is 11.5 Å². The molecule has 4 nitrogen and oxygen atoms in total. The highest BCUT2D eigenvalue weighted by molar-refractivity contribution is 5.85. The molecule has 0 saturated heterocycles. The van der Waals surface area contributed by atoms with E-state index in [1.807, 2.05) is 49.4 Å². The number of fused-ring (bicyclic) bond motifs is 1. The number of hydrogen-bond donors (Lipinski definition) is 1. The van der Waals surface area contributed by atoms with Gasteiger partial charge in [0, 0.05) is 5.56 Å². The first kappa shape index (κ1) is 17.8. The molecule has 1 amide bonds. The number of benzene rings is 3. The zero-order chi connectivity index (χ0) is 18.5. The molecule has 0 bridgehead atoms. The van der Waals surface area contributed by atoms with Crippen LogP contribution in [0, 0.1) is 0 Å². The fourth-order valence-corrected chi connectivity index (χ4v) is 3.08. The van der Waals surface area contributed by atoms with Crippen LogP contribution in [0.3, 0.4) is 0 Å². The summed E-state index contributed by atoms with van der Waals surface area (Å²) in [5, 5.41) is 5.36. The zero-order valence-corrected chi connectivity index (χ0v) is 15.3. The summed E-state index contributed by atoms with van der Waals surface area (Å²) in [6.07, 6.45) is 0.335. The van der Waals surface area contributed by atoms with E-state index >= 15 is 0 Å². The van der Waals surface area contributed by atoms with Crippen LogP contribution in [0.4, 0.5) is 0 Å². The largest absolute Gasteiger partial charge is 0.497 e. The highest BCUT2D eigenvalue weighted by Gasteiger charge is 2.15. The van der Waals surface area contributed by atoms with E-state index in [1.54, 1.807) is 14.2 Å². The number of rotatable bonds is 6. The Kier molecular flexibility index (Phi) is 5.42. The second-order valence-electron chi connectivity index (χ2n) is 6.26. The van der Waals surface area contributed by atoms with Crippen LogP contribution in [0.1, 0.15) is 24.1 Å². The lowest BCUT2D eigenvalue weighted by Crippen LogP contribution is -2.28. The summed E-state index contributed by atoms with van der Waals surface area (Å²) < 4.78 is 10.7. The van der Waals surface area contributed by atoms with E-state index in [1.165, 1.54) is 5.39 Å². The van der Waals surface area contributed by atoms with Crippen molar-refractivity contribution in [2.24, 2.45) is 0 Å². The Bertz CT molecular complexity index is 920. The summed E-state index contributed by atoms with van der Waals surface area (Å²) in [5.41, 5.74) is 1.88. The van der Waals surface area contributed by atoms with Crippen LogP contribution >= 0.6 is 0 Å². The van der Waals surface area contributed by atoms with Gasteiger partial charge < -0.3 is 14.8 Å². The molecule has 3 aromatic rings. The fraction of sp³-hybridized carbons (Fsp3) is 0.227. The first-order chi connectivity index (χ1) is 12.6. The predicted molar refractivity (Wildman–Crippen MR) is 104 cm³/mol. The Hall–Kier alpha value is -3.01. The normalized spacial score (nSPS) is 11.8. The third-order valence-corrected chi connectivity index (χ3v) is 4.46. The van der Waals surface area contributed by atoms with E-state index < -0.39 is 0 Å². The number of carbonyl (C=O) groups excluding carboxylic acids is 1. The molecule has 0 saturated carbocycles. The summed E-state index contributed by atoms with van der Waals surface area (Å²) in [4.78, 5) is 12.5. The van der Waals surface area contributed by atoms with Crippen molar-refractivity contribution in [2.75, 3.05) is 14.2 Å². The fourth-order valence-electron chi connectivity index (χ4n) is 3.08. The number of ether oxygens (including phenoxy) is 2. The molecule has 0 unspecified atom stereocenters. The number of amides is 1. The Morgan fingerprint density at radius 1 is 0.962 bits per heavy atom. The maximum atomic E-state index is 12.5. The second kappa shape index (κ2) is 7.91. The molecule has 134 valence electrons.